The number of hydrogen-bond donors (Lipinski definition) is 2. The molecule has 0 unspecified atom stereocenters. The molecule has 0 atom stereocenters. The summed E-state index contributed by atoms with van der Waals surface area (Å²) < 4.78 is 0. The van der Waals surface area contributed by atoms with Crippen molar-refractivity contribution < 1.29 is 0 Å². The van der Waals surface area contributed by atoms with Gasteiger partial charge >= 0.3 is 0 Å². The highest BCUT2D eigenvalue weighted by Gasteiger charge is 2.07. The van der Waals surface area contributed by atoms with Crippen molar-refractivity contribution in [2.24, 2.45) is 0 Å². The number of hydrazine groups is 2. The highest BCUT2D eigenvalue weighted by molar-refractivity contribution is 4.68. The first-order valence-electron chi connectivity index (χ1n) is 4.28. The molecule has 2 N–H and O–H groups in total. The van der Waals surface area contributed by atoms with Gasteiger partial charge in [-0.2, -0.15) is 5.53 Å². The van der Waals surface area contributed by atoms with E-state index in [1.165, 1.54) is 19.3 Å². The molecule has 0 amide bonds. The van der Waals surface area contributed by atoms with Crippen LogP contribution in [-0.2, 0) is 0 Å². The highest BCUT2D eigenvalue weighted by Crippen LogP contribution is 2.04. The molecule has 1 saturated heterocycles. The SMILES string of the molecule is C=CCNNN1CCCCC1. The third-order valence-corrected chi connectivity index (χ3v) is 1.84. The average molecular weight is 155 g/mol. The zero-order valence-corrected chi connectivity index (χ0v) is 6.97. The van der Waals surface area contributed by atoms with Crippen LogP contribution in [0.3, 0.4) is 0 Å². The predicted octanol–water partition coefficient (Wildman–Crippen LogP) is 0.667. The lowest BCUT2D eigenvalue weighted by Gasteiger charge is -2.26. The Kier molecular flexibility index (Phi) is 4.19. The standard InChI is InChI=1S/C8H17N3/c1-2-6-9-10-11-7-4-3-5-8-11/h2,9-10H,1,3-8H2. The molecule has 1 heterocycles. The van der Waals surface area contributed by atoms with Crippen molar-refractivity contribution in [3.8, 4) is 0 Å². The molecule has 1 aliphatic rings. The minimum atomic E-state index is 0.816. The van der Waals surface area contributed by atoms with Crippen LogP contribution in [0.25, 0.3) is 0 Å². The Labute approximate surface area is 68.4 Å². The first kappa shape index (κ1) is 8.71. The van der Waals surface area contributed by atoms with Gasteiger partial charge in [0, 0.05) is 19.6 Å². The maximum atomic E-state index is 3.62. The molecule has 0 saturated carbocycles. The fraction of sp³-hybridized carbons (Fsp3) is 0.750. The fourth-order valence-electron chi connectivity index (χ4n) is 1.24. The summed E-state index contributed by atoms with van der Waals surface area (Å²) in [6, 6.07) is 0. The zero-order valence-electron chi connectivity index (χ0n) is 6.97. The van der Waals surface area contributed by atoms with Crippen molar-refractivity contribution >= 4 is 0 Å². The summed E-state index contributed by atoms with van der Waals surface area (Å²) in [6.45, 7) is 6.75. The lowest BCUT2D eigenvalue weighted by atomic mass is 10.2. The summed E-state index contributed by atoms with van der Waals surface area (Å²) in [5.41, 5.74) is 6.20. The molecule has 0 aromatic carbocycles. The van der Waals surface area contributed by atoms with Gasteiger partial charge in [0.2, 0.25) is 0 Å². The van der Waals surface area contributed by atoms with Gasteiger partial charge < -0.3 is 0 Å². The number of nitrogens with one attached hydrogen (secondary N) is 2. The molecule has 3 heteroatoms. The first-order chi connectivity index (χ1) is 5.43. The summed E-state index contributed by atoms with van der Waals surface area (Å²) in [4.78, 5) is 0. The van der Waals surface area contributed by atoms with Crippen LogP contribution in [0.1, 0.15) is 19.3 Å². The Hall–Kier alpha value is -0.380. The quantitative estimate of drug-likeness (QED) is 0.355. The van der Waals surface area contributed by atoms with E-state index in [1.807, 2.05) is 6.08 Å². The van der Waals surface area contributed by atoms with Crippen LogP contribution in [0.15, 0.2) is 12.7 Å². The Morgan fingerprint density at radius 2 is 2.00 bits per heavy atom. The van der Waals surface area contributed by atoms with E-state index in [-0.39, 0.29) is 0 Å². The lowest BCUT2D eigenvalue weighted by Crippen LogP contribution is -2.49. The van der Waals surface area contributed by atoms with E-state index < -0.39 is 0 Å². The minimum absolute atomic E-state index is 0.816. The van der Waals surface area contributed by atoms with E-state index >= 15 is 0 Å². The average Bonchev–Trinajstić information content (AvgIpc) is 2.07. The monoisotopic (exact) mass is 155 g/mol. The molecule has 0 radical (unpaired) electrons. The number of piperidine rings is 1. The maximum Gasteiger partial charge on any atom is 0.0291 e. The van der Waals surface area contributed by atoms with Crippen molar-refractivity contribution in [2.45, 2.75) is 19.3 Å². The molecular formula is C8H17N3. The fourth-order valence-corrected chi connectivity index (χ4v) is 1.24. The molecule has 1 fully saturated rings. The number of nitrogens with zero attached hydrogens (tertiary/aromatic N) is 1. The summed E-state index contributed by atoms with van der Waals surface area (Å²) in [5, 5.41) is 2.22. The van der Waals surface area contributed by atoms with Crippen LogP contribution in [0.5, 0.6) is 0 Å². The molecule has 0 aliphatic carbocycles. The minimum Gasteiger partial charge on any atom is -0.240 e. The van der Waals surface area contributed by atoms with Gasteiger partial charge in [0.05, 0.1) is 0 Å². The van der Waals surface area contributed by atoms with Gasteiger partial charge in [0.25, 0.3) is 0 Å². The third-order valence-electron chi connectivity index (χ3n) is 1.84. The molecule has 64 valence electrons. The van der Waals surface area contributed by atoms with Crippen molar-refractivity contribution in [3.63, 3.8) is 0 Å². The molecule has 0 aromatic heterocycles. The van der Waals surface area contributed by atoms with Crippen LogP contribution in [0.4, 0.5) is 0 Å². The molecular weight excluding hydrogens is 138 g/mol. The van der Waals surface area contributed by atoms with E-state index in [9.17, 15) is 0 Å². The van der Waals surface area contributed by atoms with Crippen molar-refractivity contribution in [1.82, 2.24) is 16.0 Å². The maximum absolute atomic E-state index is 3.62. The summed E-state index contributed by atoms with van der Waals surface area (Å²) in [6.07, 6.45) is 5.84. The molecule has 3 nitrogen and oxygen atoms in total. The molecule has 0 bridgehead atoms. The Morgan fingerprint density at radius 3 is 2.64 bits per heavy atom. The van der Waals surface area contributed by atoms with Gasteiger partial charge in [-0.25, -0.2) is 10.4 Å². The van der Waals surface area contributed by atoms with E-state index in [0.29, 0.717) is 0 Å². The van der Waals surface area contributed by atoms with Crippen molar-refractivity contribution in [2.75, 3.05) is 19.6 Å². The topological polar surface area (TPSA) is 27.3 Å². The van der Waals surface area contributed by atoms with Crippen LogP contribution in [-0.4, -0.2) is 24.6 Å². The van der Waals surface area contributed by atoms with E-state index in [2.05, 4.69) is 22.5 Å². The second kappa shape index (κ2) is 5.29. The Bertz CT molecular complexity index is 108. The van der Waals surface area contributed by atoms with Crippen molar-refractivity contribution in [3.05, 3.63) is 12.7 Å². The van der Waals surface area contributed by atoms with Gasteiger partial charge in [-0.05, 0) is 12.8 Å². The molecule has 1 aliphatic heterocycles. The number of hydrogen-bond acceptors (Lipinski definition) is 3. The van der Waals surface area contributed by atoms with Gasteiger partial charge in [-0.3, -0.25) is 0 Å². The van der Waals surface area contributed by atoms with Crippen LogP contribution >= 0.6 is 0 Å². The van der Waals surface area contributed by atoms with Gasteiger partial charge in [0.1, 0.15) is 0 Å². The molecule has 11 heavy (non-hydrogen) atoms. The van der Waals surface area contributed by atoms with Crippen LogP contribution in [0.2, 0.25) is 0 Å². The predicted molar refractivity (Wildman–Crippen MR) is 46.8 cm³/mol. The largest absolute Gasteiger partial charge is 0.240 e. The third kappa shape index (κ3) is 3.51. The zero-order chi connectivity index (χ0) is 7.94. The first-order valence-corrected chi connectivity index (χ1v) is 4.28. The van der Waals surface area contributed by atoms with Gasteiger partial charge in [-0.1, -0.05) is 12.5 Å². The summed E-state index contributed by atoms with van der Waals surface area (Å²) >= 11 is 0. The highest BCUT2D eigenvalue weighted by atomic mass is 15.7. The lowest BCUT2D eigenvalue weighted by molar-refractivity contribution is 0.127. The normalized spacial score (nSPS) is 20.0. The van der Waals surface area contributed by atoms with Crippen molar-refractivity contribution in [1.29, 1.82) is 0 Å². The molecule has 0 spiro atoms. The summed E-state index contributed by atoms with van der Waals surface area (Å²) in [7, 11) is 0. The Morgan fingerprint density at radius 1 is 1.27 bits per heavy atom. The Balaban J connectivity index is 2.00. The molecule has 0 aromatic rings. The van der Waals surface area contributed by atoms with E-state index in [4.69, 9.17) is 0 Å². The van der Waals surface area contributed by atoms with Gasteiger partial charge in [-0.15, -0.1) is 6.58 Å². The van der Waals surface area contributed by atoms with Crippen LogP contribution in [0, 0.1) is 0 Å². The van der Waals surface area contributed by atoms with E-state index in [0.717, 1.165) is 19.6 Å². The van der Waals surface area contributed by atoms with Crippen LogP contribution < -0.4 is 11.0 Å². The molecule has 1 rings (SSSR count). The summed E-state index contributed by atoms with van der Waals surface area (Å²) in [5.74, 6) is 0. The smallest absolute Gasteiger partial charge is 0.0291 e. The second-order valence-corrected chi connectivity index (χ2v) is 2.83. The van der Waals surface area contributed by atoms with E-state index in [1.54, 1.807) is 0 Å². The number of rotatable bonds is 4. The van der Waals surface area contributed by atoms with Gasteiger partial charge in [0.15, 0.2) is 0 Å². The second-order valence-electron chi connectivity index (χ2n) is 2.83.